The van der Waals surface area contributed by atoms with E-state index in [9.17, 15) is 9.18 Å². The summed E-state index contributed by atoms with van der Waals surface area (Å²) in [5.74, 6) is -0.434. The number of rotatable bonds is 3. The maximum atomic E-state index is 13.5. The molecule has 0 radical (unpaired) electrons. The fourth-order valence-electron chi connectivity index (χ4n) is 2.35. The number of para-hydroxylation sites is 1. The van der Waals surface area contributed by atoms with Gasteiger partial charge in [0.25, 0.3) is 0 Å². The Kier molecular flexibility index (Phi) is 3.28. The van der Waals surface area contributed by atoms with Crippen molar-refractivity contribution in [1.82, 2.24) is 4.57 Å². The van der Waals surface area contributed by atoms with Crippen molar-refractivity contribution in [2.24, 2.45) is 0 Å². The summed E-state index contributed by atoms with van der Waals surface area (Å²) >= 11 is 5.98. The van der Waals surface area contributed by atoms with Crippen LogP contribution in [0.4, 0.5) is 4.39 Å². The second-order valence-corrected chi connectivity index (χ2v) is 4.94. The number of fused-ring (bicyclic) bond motifs is 1. The SMILES string of the molecule is O=Cc1cn(Cc2cccc(F)c2Cl)c2ccccc12. The first kappa shape index (κ1) is 12.9. The third kappa shape index (κ3) is 2.10. The van der Waals surface area contributed by atoms with E-state index in [-0.39, 0.29) is 5.02 Å². The summed E-state index contributed by atoms with van der Waals surface area (Å²) < 4.78 is 15.4. The van der Waals surface area contributed by atoms with Gasteiger partial charge in [-0.05, 0) is 17.7 Å². The van der Waals surface area contributed by atoms with Crippen molar-refractivity contribution >= 4 is 28.8 Å². The molecule has 0 spiro atoms. The predicted molar refractivity (Wildman–Crippen MR) is 77.8 cm³/mol. The Morgan fingerprint density at radius 1 is 1.15 bits per heavy atom. The van der Waals surface area contributed by atoms with Gasteiger partial charge in [0.1, 0.15) is 5.82 Å². The van der Waals surface area contributed by atoms with Crippen LogP contribution in [-0.4, -0.2) is 10.9 Å². The van der Waals surface area contributed by atoms with Crippen LogP contribution < -0.4 is 0 Å². The van der Waals surface area contributed by atoms with E-state index in [1.165, 1.54) is 6.07 Å². The van der Waals surface area contributed by atoms with E-state index in [0.29, 0.717) is 17.7 Å². The van der Waals surface area contributed by atoms with Gasteiger partial charge in [0.05, 0.1) is 5.02 Å². The van der Waals surface area contributed by atoms with Gasteiger partial charge >= 0.3 is 0 Å². The molecule has 2 aromatic carbocycles. The smallest absolute Gasteiger partial charge is 0.152 e. The van der Waals surface area contributed by atoms with Gasteiger partial charge in [0.2, 0.25) is 0 Å². The Morgan fingerprint density at radius 2 is 1.95 bits per heavy atom. The summed E-state index contributed by atoms with van der Waals surface area (Å²) in [6.07, 6.45) is 2.59. The minimum atomic E-state index is -0.434. The van der Waals surface area contributed by atoms with Gasteiger partial charge in [0, 0.05) is 29.2 Å². The Bertz CT molecular complexity index is 794. The van der Waals surface area contributed by atoms with Gasteiger partial charge in [-0.3, -0.25) is 4.79 Å². The molecule has 0 aliphatic heterocycles. The van der Waals surface area contributed by atoms with Gasteiger partial charge in [0.15, 0.2) is 6.29 Å². The standard InChI is InChI=1S/C16H11ClFNO/c17-16-11(4-3-6-14(16)18)8-19-9-12(10-20)13-5-1-2-7-15(13)19/h1-7,9-10H,8H2. The van der Waals surface area contributed by atoms with Gasteiger partial charge in [-0.15, -0.1) is 0 Å². The fraction of sp³-hybridized carbons (Fsp3) is 0.0625. The van der Waals surface area contributed by atoms with Crippen LogP contribution in [0.15, 0.2) is 48.7 Å². The fourth-order valence-corrected chi connectivity index (χ4v) is 2.54. The van der Waals surface area contributed by atoms with Crippen molar-refractivity contribution < 1.29 is 9.18 Å². The number of hydrogen-bond acceptors (Lipinski definition) is 1. The molecule has 3 rings (SSSR count). The van der Waals surface area contributed by atoms with Crippen molar-refractivity contribution in [2.75, 3.05) is 0 Å². The molecule has 3 aromatic rings. The number of carbonyl (C=O) groups is 1. The lowest BCUT2D eigenvalue weighted by Gasteiger charge is -2.08. The number of aldehydes is 1. The Hall–Kier alpha value is -2.13. The molecule has 0 aliphatic carbocycles. The van der Waals surface area contributed by atoms with Crippen molar-refractivity contribution in [1.29, 1.82) is 0 Å². The number of nitrogens with zero attached hydrogens (tertiary/aromatic N) is 1. The summed E-state index contributed by atoms with van der Waals surface area (Å²) in [7, 11) is 0. The van der Waals surface area contributed by atoms with Crippen molar-refractivity contribution in [2.45, 2.75) is 6.54 Å². The Balaban J connectivity index is 2.11. The minimum absolute atomic E-state index is 0.123. The molecule has 0 saturated heterocycles. The van der Waals surface area contributed by atoms with Crippen molar-refractivity contribution in [3.63, 3.8) is 0 Å². The molecule has 1 aromatic heterocycles. The highest BCUT2D eigenvalue weighted by Crippen LogP contribution is 2.25. The van der Waals surface area contributed by atoms with Crippen LogP contribution in [-0.2, 0) is 6.54 Å². The monoisotopic (exact) mass is 287 g/mol. The van der Waals surface area contributed by atoms with Crippen LogP contribution in [0.3, 0.4) is 0 Å². The van der Waals surface area contributed by atoms with Crippen LogP contribution in [0.5, 0.6) is 0 Å². The molecule has 0 N–H and O–H groups in total. The van der Waals surface area contributed by atoms with Gasteiger partial charge in [-0.2, -0.15) is 0 Å². The molecule has 4 heteroatoms. The average molecular weight is 288 g/mol. The zero-order chi connectivity index (χ0) is 14.1. The molecule has 0 amide bonds. The molecule has 1 heterocycles. The minimum Gasteiger partial charge on any atom is -0.342 e. The van der Waals surface area contributed by atoms with Crippen molar-refractivity contribution in [3.8, 4) is 0 Å². The molecule has 2 nitrogen and oxygen atoms in total. The highest BCUT2D eigenvalue weighted by atomic mass is 35.5. The van der Waals surface area contributed by atoms with Crippen LogP contribution >= 0.6 is 11.6 Å². The van der Waals surface area contributed by atoms with E-state index < -0.39 is 5.82 Å². The molecule has 0 unspecified atom stereocenters. The lowest BCUT2D eigenvalue weighted by Crippen LogP contribution is -1.99. The van der Waals surface area contributed by atoms with E-state index in [1.54, 1.807) is 18.3 Å². The topological polar surface area (TPSA) is 22.0 Å². The molecule has 0 fully saturated rings. The number of aromatic nitrogens is 1. The first-order valence-corrected chi connectivity index (χ1v) is 6.54. The largest absolute Gasteiger partial charge is 0.342 e. The van der Waals surface area contributed by atoms with Gasteiger partial charge in [-0.1, -0.05) is 41.9 Å². The molecular weight excluding hydrogens is 277 g/mol. The molecule has 0 bridgehead atoms. The quantitative estimate of drug-likeness (QED) is 0.659. The molecular formula is C16H11ClFNO. The number of benzene rings is 2. The second kappa shape index (κ2) is 5.10. The third-order valence-corrected chi connectivity index (χ3v) is 3.74. The first-order valence-electron chi connectivity index (χ1n) is 6.16. The predicted octanol–water partition coefficient (Wildman–Crippen LogP) is 4.29. The highest BCUT2D eigenvalue weighted by molar-refractivity contribution is 6.31. The summed E-state index contributed by atoms with van der Waals surface area (Å²) in [6, 6.07) is 12.3. The van der Waals surface area contributed by atoms with Crippen molar-refractivity contribution in [3.05, 3.63) is 70.6 Å². The molecule has 100 valence electrons. The lowest BCUT2D eigenvalue weighted by atomic mass is 10.2. The molecule has 20 heavy (non-hydrogen) atoms. The zero-order valence-electron chi connectivity index (χ0n) is 10.5. The van der Waals surface area contributed by atoms with E-state index >= 15 is 0 Å². The van der Waals surface area contributed by atoms with Gasteiger partial charge < -0.3 is 4.57 Å². The van der Waals surface area contributed by atoms with Crippen LogP contribution in [0.2, 0.25) is 5.02 Å². The summed E-state index contributed by atoms with van der Waals surface area (Å²) in [6.45, 7) is 0.422. The summed E-state index contributed by atoms with van der Waals surface area (Å²) in [5.41, 5.74) is 2.23. The number of carbonyl (C=O) groups excluding carboxylic acids is 1. The van der Waals surface area contributed by atoms with E-state index in [2.05, 4.69) is 0 Å². The maximum Gasteiger partial charge on any atom is 0.152 e. The van der Waals surface area contributed by atoms with E-state index in [1.807, 2.05) is 28.8 Å². The summed E-state index contributed by atoms with van der Waals surface area (Å²) in [4.78, 5) is 11.1. The van der Waals surface area contributed by atoms with Crippen LogP contribution in [0.1, 0.15) is 15.9 Å². The lowest BCUT2D eigenvalue weighted by molar-refractivity contribution is 0.112. The average Bonchev–Trinajstić information content (AvgIpc) is 2.82. The Labute approximate surface area is 120 Å². The maximum absolute atomic E-state index is 13.5. The van der Waals surface area contributed by atoms with Crippen LogP contribution in [0.25, 0.3) is 10.9 Å². The summed E-state index contributed by atoms with van der Waals surface area (Å²) in [5, 5.41) is 1.01. The van der Waals surface area contributed by atoms with E-state index in [4.69, 9.17) is 11.6 Å². The number of halogens is 2. The first-order chi connectivity index (χ1) is 9.70. The zero-order valence-corrected chi connectivity index (χ0v) is 11.3. The third-order valence-electron chi connectivity index (χ3n) is 3.32. The molecule has 0 atom stereocenters. The molecule has 0 aliphatic rings. The van der Waals surface area contributed by atoms with E-state index in [0.717, 1.165) is 17.2 Å². The second-order valence-electron chi connectivity index (χ2n) is 4.56. The van der Waals surface area contributed by atoms with Gasteiger partial charge in [-0.25, -0.2) is 4.39 Å². The normalized spacial score (nSPS) is 10.9. The number of hydrogen-bond donors (Lipinski definition) is 0. The van der Waals surface area contributed by atoms with Crippen LogP contribution in [0, 0.1) is 5.82 Å². The highest BCUT2D eigenvalue weighted by Gasteiger charge is 2.10. The Morgan fingerprint density at radius 3 is 2.75 bits per heavy atom. The molecule has 0 saturated carbocycles.